The number of nitrogens with zero attached hydrogens (tertiary/aromatic N) is 2. The van der Waals surface area contributed by atoms with Crippen molar-refractivity contribution in [1.29, 1.82) is 0 Å². The van der Waals surface area contributed by atoms with E-state index >= 15 is 0 Å². The van der Waals surface area contributed by atoms with Gasteiger partial charge in [-0.25, -0.2) is 4.68 Å². The highest BCUT2D eigenvalue weighted by Crippen LogP contribution is 2.26. The molecule has 0 aliphatic heterocycles. The Bertz CT molecular complexity index is 853. The van der Waals surface area contributed by atoms with Gasteiger partial charge >= 0.3 is 0 Å². The molecule has 6 heteroatoms. The Morgan fingerprint density at radius 2 is 1.92 bits per heavy atom. The number of rotatable bonds is 5. The molecular weight excluding hydrogens is 354 g/mol. The van der Waals surface area contributed by atoms with E-state index in [0.29, 0.717) is 16.6 Å². The molecule has 2 aromatic heterocycles. The van der Waals surface area contributed by atoms with E-state index in [0.717, 1.165) is 16.3 Å². The van der Waals surface area contributed by atoms with Gasteiger partial charge in [-0.3, -0.25) is 4.79 Å². The summed E-state index contributed by atoms with van der Waals surface area (Å²) in [5.74, 6) is 0.221. The number of aromatic nitrogens is 2. The van der Waals surface area contributed by atoms with Crippen LogP contribution < -0.4 is 5.32 Å². The van der Waals surface area contributed by atoms with Crippen molar-refractivity contribution in [3.8, 4) is 16.3 Å². The Balaban J connectivity index is 2.02. The molecule has 0 aliphatic carbocycles. The van der Waals surface area contributed by atoms with Crippen LogP contribution in [0.2, 0.25) is 5.02 Å². The van der Waals surface area contributed by atoms with E-state index in [2.05, 4.69) is 24.3 Å². The minimum absolute atomic E-state index is 0.0752. The maximum atomic E-state index is 12.8. The lowest BCUT2D eigenvalue weighted by Gasteiger charge is -2.17. The van der Waals surface area contributed by atoms with E-state index in [1.807, 2.05) is 42.6 Å². The third-order valence-electron chi connectivity index (χ3n) is 4.15. The van der Waals surface area contributed by atoms with Crippen molar-refractivity contribution in [3.63, 3.8) is 0 Å². The van der Waals surface area contributed by atoms with Crippen molar-refractivity contribution in [1.82, 2.24) is 15.1 Å². The van der Waals surface area contributed by atoms with E-state index < -0.39 is 0 Å². The van der Waals surface area contributed by atoms with Crippen LogP contribution in [0.4, 0.5) is 0 Å². The second-order valence-corrected chi connectivity index (χ2v) is 7.67. The maximum Gasteiger partial charge on any atom is 0.270 e. The SMILES string of the molecule is CC(C)[C@@H](C)NC(=O)c1cc(-c2cccs2)nn1-c1ccc(Cl)cc1. The molecule has 0 unspecified atom stereocenters. The topological polar surface area (TPSA) is 46.9 Å². The molecule has 0 aliphatic rings. The molecule has 0 bridgehead atoms. The van der Waals surface area contributed by atoms with Gasteiger partial charge in [-0.2, -0.15) is 5.10 Å². The summed E-state index contributed by atoms with van der Waals surface area (Å²) >= 11 is 7.58. The number of hydrogen-bond acceptors (Lipinski definition) is 3. The molecule has 1 N–H and O–H groups in total. The van der Waals surface area contributed by atoms with Gasteiger partial charge in [0, 0.05) is 11.1 Å². The molecule has 0 radical (unpaired) electrons. The summed E-state index contributed by atoms with van der Waals surface area (Å²) in [6, 6.07) is 13.2. The highest BCUT2D eigenvalue weighted by atomic mass is 35.5. The number of carbonyl (C=O) groups is 1. The van der Waals surface area contributed by atoms with Gasteiger partial charge in [0.2, 0.25) is 0 Å². The molecule has 1 atom stereocenters. The first-order chi connectivity index (χ1) is 12.0. The fraction of sp³-hybridized carbons (Fsp3) is 0.263. The molecule has 3 aromatic rings. The highest BCUT2D eigenvalue weighted by Gasteiger charge is 2.20. The number of hydrogen-bond donors (Lipinski definition) is 1. The number of amides is 1. The molecule has 1 amide bonds. The maximum absolute atomic E-state index is 12.8. The van der Waals surface area contributed by atoms with E-state index in [1.54, 1.807) is 28.2 Å². The Kier molecular flexibility index (Phi) is 5.25. The summed E-state index contributed by atoms with van der Waals surface area (Å²) in [5.41, 5.74) is 2.10. The number of carbonyl (C=O) groups excluding carboxylic acids is 1. The molecule has 0 saturated carbocycles. The summed E-state index contributed by atoms with van der Waals surface area (Å²) < 4.78 is 1.67. The van der Waals surface area contributed by atoms with Gasteiger partial charge in [0.05, 0.1) is 10.6 Å². The zero-order valence-electron chi connectivity index (χ0n) is 14.4. The Morgan fingerprint density at radius 3 is 2.52 bits per heavy atom. The average molecular weight is 374 g/mol. The summed E-state index contributed by atoms with van der Waals surface area (Å²) in [7, 11) is 0. The minimum atomic E-state index is -0.133. The lowest BCUT2D eigenvalue weighted by atomic mass is 10.1. The molecule has 2 heterocycles. The van der Waals surface area contributed by atoms with Crippen molar-refractivity contribution in [2.45, 2.75) is 26.8 Å². The zero-order chi connectivity index (χ0) is 18.0. The van der Waals surface area contributed by atoms with Crippen LogP contribution >= 0.6 is 22.9 Å². The predicted molar refractivity (Wildman–Crippen MR) is 104 cm³/mol. The number of nitrogens with one attached hydrogen (secondary N) is 1. The quantitative estimate of drug-likeness (QED) is 0.681. The molecule has 4 nitrogen and oxygen atoms in total. The first kappa shape index (κ1) is 17.7. The molecule has 1 aromatic carbocycles. The van der Waals surface area contributed by atoms with Crippen molar-refractivity contribution >= 4 is 28.8 Å². The summed E-state index contributed by atoms with van der Waals surface area (Å²) in [6.45, 7) is 6.17. The van der Waals surface area contributed by atoms with Gasteiger partial charge in [-0.05, 0) is 54.6 Å². The molecule has 0 spiro atoms. The van der Waals surface area contributed by atoms with Crippen molar-refractivity contribution in [2.24, 2.45) is 5.92 Å². The predicted octanol–water partition coefficient (Wildman–Crippen LogP) is 5.03. The van der Waals surface area contributed by atoms with E-state index in [9.17, 15) is 4.79 Å². The summed E-state index contributed by atoms with van der Waals surface area (Å²) in [5, 5.41) is 10.3. The first-order valence-corrected chi connectivity index (χ1v) is 9.42. The first-order valence-electron chi connectivity index (χ1n) is 8.16. The standard InChI is InChI=1S/C19H20ClN3OS/c1-12(2)13(3)21-19(24)17-11-16(18-5-4-10-25-18)22-23(17)15-8-6-14(20)7-9-15/h4-13H,1-3H3,(H,21,24)/t13-/m1/s1. The molecule has 3 rings (SSSR count). The lowest BCUT2D eigenvalue weighted by Crippen LogP contribution is -2.37. The Labute approximate surface area is 156 Å². The Morgan fingerprint density at radius 1 is 1.20 bits per heavy atom. The average Bonchev–Trinajstić information content (AvgIpc) is 3.24. The highest BCUT2D eigenvalue weighted by molar-refractivity contribution is 7.13. The largest absolute Gasteiger partial charge is 0.348 e. The van der Waals surface area contributed by atoms with Crippen molar-refractivity contribution in [2.75, 3.05) is 0 Å². The lowest BCUT2D eigenvalue weighted by molar-refractivity contribution is 0.0922. The number of thiophene rings is 1. The zero-order valence-corrected chi connectivity index (χ0v) is 15.9. The summed E-state index contributed by atoms with van der Waals surface area (Å²) in [6.07, 6.45) is 0. The molecular formula is C19H20ClN3OS. The van der Waals surface area contributed by atoms with Crippen LogP contribution in [0.25, 0.3) is 16.3 Å². The Hall–Kier alpha value is -2.11. The van der Waals surface area contributed by atoms with Crippen LogP contribution in [0.3, 0.4) is 0 Å². The monoisotopic (exact) mass is 373 g/mol. The van der Waals surface area contributed by atoms with Crippen molar-refractivity contribution in [3.05, 3.63) is 58.6 Å². The van der Waals surface area contributed by atoms with E-state index in [4.69, 9.17) is 11.6 Å². The van der Waals surface area contributed by atoms with Crippen molar-refractivity contribution < 1.29 is 4.79 Å². The van der Waals surface area contributed by atoms with Crippen LogP contribution in [-0.2, 0) is 0 Å². The molecule has 0 fully saturated rings. The third-order valence-corrected chi connectivity index (χ3v) is 5.29. The van der Waals surface area contributed by atoms with Crippen LogP contribution in [0.1, 0.15) is 31.3 Å². The van der Waals surface area contributed by atoms with Crippen LogP contribution in [-0.4, -0.2) is 21.7 Å². The second kappa shape index (κ2) is 7.42. The number of benzene rings is 1. The normalized spacial score (nSPS) is 12.4. The molecule has 25 heavy (non-hydrogen) atoms. The smallest absolute Gasteiger partial charge is 0.270 e. The summed E-state index contributed by atoms with van der Waals surface area (Å²) in [4.78, 5) is 13.8. The van der Waals surface area contributed by atoms with Gasteiger partial charge in [-0.15, -0.1) is 11.3 Å². The van der Waals surface area contributed by atoms with Gasteiger partial charge < -0.3 is 5.32 Å². The van der Waals surface area contributed by atoms with Gasteiger partial charge in [0.1, 0.15) is 11.4 Å². The third kappa shape index (κ3) is 3.94. The number of halogens is 1. The van der Waals surface area contributed by atoms with Crippen LogP contribution in [0.5, 0.6) is 0 Å². The van der Waals surface area contributed by atoms with Gasteiger partial charge in [-0.1, -0.05) is 31.5 Å². The van der Waals surface area contributed by atoms with Crippen LogP contribution in [0.15, 0.2) is 47.8 Å². The second-order valence-electron chi connectivity index (χ2n) is 6.29. The van der Waals surface area contributed by atoms with Crippen LogP contribution in [0, 0.1) is 5.92 Å². The van der Waals surface area contributed by atoms with E-state index in [-0.39, 0.29) is 11.9 Å². The fourth-order valence-corrected chi connectivity index (χ4v) is 3.12. The fourth-order valence-electron chi connectivity index (χ4n) is 2.31. The molecule has 130 valence electrons. The minimum Gasteiger partial charge on any atom is -0.348 e. The molecule has 0 saturated heterocycles. The van der Waals surface area contributed by atoms with E-state index in [1.165, 1.54) is 0 Å². The van der Waals surface area contributed by atoms with Gasteiger partial charge in [0.15, 0.2) is 0 Å². The van der Waals surface area contributed by atoms with Gasteiger partial charge in [0.25, 0.3) is 5.91 Å².